The molecule has 0 spiro atoms. The van der Waals surface area contributed by atoms with E-state index in [1.54, 1.807) is 0 Å². The minimum Gasteiger partial charge on any atom is -0.294 e. The van der Waals surface area contributed by atoms with E-state index in [9.17, 15) is 4.79 Å². The summed E-state index contributed by atoms with van der Waals surface area (Å²) < 4.78 is 0. The van der Waals surface area contributed by atoms with Gasteiger partial charge in [-0.25, -0.2) is 0 Å². The Morgan fingerprint density at radius 2 is 1.70 bits per heavy atom. The Hall–Kier alpha value is -1.89. The van der Waals surface area contributed by atoms with Crippen molar-refractivity contribution in [3.63, 3.8) is 0 Å². The van der Waals surface area contributed by atoms with Crippen LogP contribution in [0, 0.1) is 6.92 Å². The van der Waals surface area contributed by atoms with Crippen LogP contribution in [0.5, 0.6) is 0 Å². The maximum atomic E-state index is 12.4. The van der Waals surface area contributed by atoms with E-state index in [1.807, 2.05) is 31.2 Å². The van der Waals surface area contributed by atoms with Gasteiger partial charge < -0.3 is 0 Å². The zero-order chi connectivity index (χ0) is 14.5. The van der Waals surface area contributed by atoms with Crippen molar-refractivity contribution in [3.8, 4) is 0 Å². The molecule has 0 aromatic heterocycles. The lowest BCUT2D eigenvalue weighted by molar-refractivity contribution is 0.0975. The van der Waals surface area contributed by atoms with Crippen molar-refractivity contribution in [3.05, 3.63) is 70.8 Å². The largest absolute Gasteiger partial charge is 0.294 e. The third-order valence-electron chi connectivity index (χ3n) is 3.89. The van der Waals surface area contributed by atoms with Crippen LogP contribution in [0.2, 0.25) is 0 Å². The van der Waals surface area contributed by atoms with Gasteiger partial charge in [-0.2, -0.15) is 0 Å². The fraction of sp³-hybridized carbons (Fsp3) is 0.316. The second-order valence-corrected chi connectivity index (χ2v) is 5.44. The SMILES string of the molecule is CCc1ccc(C(C)CC(=O)c2ccccc2C)cc1. The first kappa shape index (κ1) is 14.5. The van der Waals surface area contributed by atoms with Crippen LogP contribution in [0.3, 0.4) is 0 Å². The van der Waals surface area contributed by atoms with E-state index in [4.69, 9.17) is 0 Å². The third-order valence-corrected chi connectivity index (χ3v) is 3.89. The van der Waals surface area contributed by atoms with Gasteiger partial charge in [0.2, 0.25) is 0 Å². The van der Waals surface area contributed by atoms with Crippen LogP contribution in [0.15, 0.2) is 48.5 Å². The van der Waals surface area contributed by atoms with Gasteiger partial charge in [-0.3, -0.25) is 4.79 Å². The fourth-order valence-corrected chi connectivity index (χ4v) is 2.47. The van der Waals surface area contributed by atoms with Gasteiger partial charge in [-0.15, -0.1) is 0 Å². The smallest absolute Gasteiger partial charge is 0.163 e. The van der Waals surface area contributed by atoms with Crippen LogP contribution in [-0.2, 0) is 6.42 Å². The highest BCUT2D eigenvalue weighted by molar-refractivity contribution is 5.97. The summed E-state index contributed by atoms with van der Waals surface area (Å²) in [5, 5.41) is 0. The molecule has 0 heterocycles. The number of Topliss-reactive ketones (excluding diaryl/α,β-unsaturated/α-hetero) is 1. The van der Waals surface area contributed by atoms with Crippen LogP contribution in [0.4, 0.5) is 0 Å². The number of hydrogen-bond donors (Lipinski definition) is 0. The molecule has 0 aliphatic heterocycles. The number of carbonyl (C=O) groups is 1. The number of hydrogen-bond acceptors (Lipinski definition) is 1. The normalized spacial score (nSPS) is 12.2. The van der Waals surface area contributed by atoms with Gasteiger partial charge in [0.25, 0.3) is 0 Å². The molecule has 2 aromatic carbocycles. The predicted molar refractivity (Wildman–Crippen MR) is 84.4 cm³/mol. The highest BCUT2D eigenvalue weighted by Crippen LogP contribution is 2.22. The van der Waals surface area contributed by atoms with E-state index in [-0.39, 0.29) is 11.7 Å². The highest BCUT2D eigenvalue weighted by atomic mass is 16.1. The van der Waals surface area contributed by atoms with Crippen molar-refractivity contribution in [2.75, 3.05) is 0 Å². The second kappa shape index (κ2) is 6.51. The summed E-state index contributed by atoms with van der Waals surface area (Å²) in [7, 11) is 0. The van der Waals surface area contributed by atoms with E-state index in [0.29, 0.717) is 6.42 Å². The molecular formula is C19H22O. The summed E-state index contributed by atoms with van der Waals surface area (Å²) in [5.74, 6) is 0.489. The van der Waals surface area contributed by atoms with Gasteiger partial charge in [0.1, 0.15) is 0 Å². The van der Waals surface area contributed by atoms with Crippen molar-refractivity contribution >= 4 is 5.78 Å². The van der Waals surface area contributed by atoms with Crippen LogP contribution in [-0.4, -0.2) is 5.78 Å². The van der Waals surface area contributed by atoms with Crippen LogP contribution >= 0.6 is 0 Å². The second-order valence-electron chi connectivity index (χ2n) is 5.44. The first-order chi connectivity index (χ1) is 9.61. The zero-order valence-electron chi connectivity index (χ0n) is 12.5. The van der Waals surface area contributed by atoms with Crippen LogP contribution < -0.4 is 0 Å². The lowest BCUT2D eigenvalue weighted by Gasteiger charge is -2.12. The summed E-state index contributed by atoms with van der Waals surface area (Å²) in [6, 6.07) is 16.4. The van der Waals surface area contributed by atoms with Gasteiger partial charge in [-0.05, 0) is 36.0 Å². The van der Waals surface area contributed by atoms with Gasteiger partial charge in [0, 0.05) is 12.0 Å². The Balaban J connectivity index is 2.09. The Bertz CT molecular complexity index is 581. The molecule has 2 rings (SSSR count). The molecule has 0 radical (unpaired) electrons. The molecule has 0 bridgehead atoms. The molecule has 0 saturated carbocycles. The summed E-state index contributed by atoms with van der Waals surface area (Å²) >= 11 is 0. The number of ketones is 1. The quantitative estimate of drug-likeness (QED) is 0.701. The average Bonchev–Trinajstić information content (AvgIpc) is 2.47. The van der Waals surface area contributed by atoms with Gasteiger partial charge >= 0.3 is 0 Å². The van der Waals surface area contributed by atoms with Crippen molar-refractivity contribution < 1.29 is 4.79 Å². The number of benzene rings is 2. The minimum absolute atomic E-state index is 0.232. The molecule has 1 unspecified atom stereocenters. The van der Waals surface area contributed by atoms with E-state index < -0.39 is 0 Å². The molecule has 1 nitrogen and oxygen atoms in total. The summed E-state index contributed by atoms with van der Waals surface area (Å²) in [6.07, 6.45) is 1.62. The van der Waals surface area contributed by atoms with Crippen molar-refractivity contribution in [2.24, 2.45) is 0 Å². The number of carbonyl (C=O) groups excluding carboxylic acids is 1. The van der Waals surface area contributed by atoms with Crippen molar-refractivity contribution in [2.45, 2.75) is 39.5 Å². The fourth-order valence-electron chi connectivity index (χ4n) is 2.47. The van der Waals surface area contributed by atoms with Crippen molar-refractivity contribution in [1.29, 1.82) is 0 Å². The third kappa shape index (κ3) is 3.36. The van der Waals surface area contributed by atoms with Gasteiger partial charge in [0.15, 0.2) is 5.78 Å². The standard InChI is InChI=1S/C19H22O/c1-4-16-9-11-17(12-10-16)15(3)13-19(20)18-8-6-5-7-14(18)2/h5-12,15H,4,13H2,1-3H3. The molecule has 1 heteroatoms. The molecule has 0 amide bonds. The predicted octanol–water partition coefficient (Wildman–Crippen LogP) is 4.93. The van der Waals surface area contributed by atoms with E-state index in [2.05, 4.69) is 38.1 Å². The Kier molecular flexibility index (Phi) is 4.73. The molecule has 1 atom stereocenters. The van der Waals surface area contributed by atoms with Crippen molar-refractivity contribution in [1.82, 2.24) is 0 Å². The number of rotatable bonds is 5. The Morgan fingerprint density at radius 1 is 1.05 bits per heavy atom. The molecule has 0 fully saturated rings. The van der Waals surface area contributed by atoms with E-state index in [0.717, 1.165) is 17.5 Å². The number of aryl methyl sites for hydroxylation is 2. The van der Waals surface area contributed by atoms with Crippen LogP contribution in [0.25, 0.3) is 0 Å². The topological polar surface area (TPSA) is 17.1 Å². The highest BCUT2D eigenvalue weighted by Gasteiger charge is 2.14. The monoisotopic (exact) mass is 266 g/mol. The molecule has 104 valence electrons. The van der Waals surface area contributed by atoms with Crippen LogP contribution in [0.1, 0.15) is 53.2 Å². The van der Waals surface area contributed by atoms with Gasteiger partial charge in [0.05, 0.1) is 0 Å². The molecule has 2 aromatic rings. The zero-order valence-corrected chi connectivity index (χ0v) is 12.5. The van der Waals surface area contributed by atoms with Gasteiger partial charge in [-0.1, -0.05) is 62.4 Å². The molecule has 0 N–H and O–H groups in total. The summed E-state index contributed by atoms with van der Waals surface area (Å²) in [5.41, 5.74) is 4.49. The maximum Gasteiger partial charge on any atom is 0.163 e. The first-order valence-corrected chi connectivity index (χ1v) is 7.29. The van der Waals surface area contributed by atoms with E-state index in [1.165, 1.54) is 11.1 Å². The lowest BCUT2D eigenvalue weighted by atomic mass is 9.91. The molecular weight excluding hydrogens is 244 g/mol. The maximum absolute atomic E-state index is 12.4. The van der Waals surface area contributed by atoms with E-state index >= 15 is 0 Å². The Morgan fingerprint density at radius 3 is 2.30 bits per heavy atom. The Labute approximate surface area is 121 Å². The summed E-state index contributed by atoms with van der Waals surface area (Å²) in [4.78, 5) is 12.4. The minimum atomic E-state index is 0.232. The first-order valence-electron chi connectivity index (χ1n) is 7.29. The molecule has 0 aliphatic rings. The molecule has 0 saturated heterocycles. The molecule has 20 heavy (non-hydrogen) atoms. The summed E-state index contributed by atoms with van der Waals surface area (Å²) in [6.45, 7) is 6.27. The molecule has 0 aliphatic carbocycles. The lowest BCUT2D eigenvalue weighted by Crippen LogP contribution is -2.06. The average molecular weight is 266 g/mol.